The fourth-order valence-electron chi connectivity index (χ4n) is 1.95. The Morgan fingerprint density at radius 2 is 1.82 bits per heavy atom. The monoisotopic (exact) mass is 319 g/mol. The van der Waals surface area contributed by atoms with E-state index in [1.807, 2.05) is 30.3 Å². The van der Waals surface area contributed by atoms with Crippen molar-refractivity contribution in [3.63, 3.8) is 0 Å². The largest absolute Gasteiger partial charge is 0.465 e. The Morgan fingerprint density at radius 1 is 1.09 bits per heavy atom. The number of aryl methyl sites for hydroxylation is 1. The fourth-order valence-corrected chi connectivity index (χ4v) is 3.05. The van der Waals surface area contributed by atoms with Crippen molar-refractivity contribution in [2.75, 3.05) is 17.6 Å². The molecule has 0 heterocycles. The van der Waals surface area contributed by atoms with E-state index in [1.54, 1.807) is 18.2 Å². The van der Waals surface area contributed by atoms with Gasteiger partial charge >= 0.3 is 5.97 Å². The van der Waals surface area contributed by atoms with Crippen LogP contribution in [0, 0.1) is 0 Å². The van der Waals surface area contributed by atoms with Crippen LogP contribution in [0.3, 0.4) is 0 Å². The third kappa shape index (κ3) is 4.60. The molecule has 0 aliphatic rings. The van der Waals surface area contributed by atoms with Crippen LogP contribution in [0.2, 0.25) is 0 Å². The van der Waals surface area contributed by atoms with Crippen LogP contribution in [0.5, 0.6) is 0 Å². The number of methoxy groups -OCH3 is 1. The van der Waals surface area contributed by atoms with Gasteiger partial charge in [-0.2, -0.15) is 0 Å². The van der Waals surface area contributed by atoms with Crippen LogP contribution in [0.1, 0.15) is 15.9 Å². The number of carbonyl (C=O) groups excluding carboxylic acids is 1. The van der Waals surface area contributed by atoms with Gasteiger partial charge in [-0.25, -0.2) is 13.2 Å². The highest BCUT2D eigenvalue weighted by atomic mass is 32.2. The lowest BCUT2D eigenvalue weighted by Crippen LogP contribution is -2.18. The maximum Gasteiger partial charge on any atom is 0.337 e. The number of esters is 1. The molecule has 0 aromatic heterocycles. The SMILES string of the molecule is COC(=O)c1cccc(NS(=O)(=O)CCc2ccccc2)c1. The smallest absolute Gasteiger partial charge is 0.337 e. The summed E-state index contributed by atoms with van der Waals surface area (Å²) in [5.41, 5.74) is 1.60. The van der Waals surface area contributed by atoms with Gasteiger partial charge in [0.05, 0.1) is 18.4 Å². The van der Waals surface area contributed by atoms with Crippen LogP contribution in [0.4, 0.5) is 5.69 Å². The summed E-state index contributed by atoms with van der Waals surface area (Å²) in [6.07, 6.45) is 0.423. The first kappa shape index (κ1) is 16.0. The van der Waals surface area contributed by atoms with Gasteiger partial charge in [-0.15, -0.1) is 0 Å². The van der Waals surface area contributed by atoms with Gasteiger partial charge in [0.1, 0.15) is 0 Å². The maximum absolute atomic E-state index is 12.1. The van der Waals surface area contributed by atoms with Gasteiger partial charge in [-0.1, -0.05) is 36.4 Å². The van der Waals surface area contributed by atoms with Crippen molar-refractivity contribution in [2.45, 2.75) is 6.42 Å². The molecule has 2 rings (SSSR count). The minimum Gasteiger partial charge on any atom is -0.465 e. The molecule has 116 valence electrons. The lowest BCUT2D eigenvalue weighted by atomic mass is 10.2. The van der Waals surface area contributed by atoms with Crippen molar-refractivity contribution in [1.29, 1.82) is 0 Å². The Labute approximate surface area is 130 Å². The molecule has 0 radical (unpaired) electrons. The molecule has 0 aliphatic carbocycles. The van der Waals surface area contributed by atoms with Crippen molar-refractivity contribution in [3.05, 3.63) is 65.7 Å². The van der Waals surface area contributed by atoms with E-state index in [0.29, 0.717) is 17.7 Å². The van der Waals surface area contributed by atoms with Crippen molar-refractivity contribution >= 4 is 21.7 Å². The Hall–Kier alpha value is -2.34. The summed E-state index contributed by atoms with van der Waals surface area (Å²) in [7, 11) is -2.21. The lowest BCUT2D eigenvalue weighted by molar-refractivity contribution is 0.0601. The highest BCUT2D eigenvalue weighted by molar-refractivity contribution is 7.92. The van der Waals surface area contributed by atoms with E-state index >= 15 is 0 Å². The van der Waals surface area contributed by atoms with Crippen LogP contribution in [-0.2, 0) is 21.2 Å². The minimum atomic E-state index is -3.48. The molecule has 2 aromatic rings. The zero-order valence-corrected chi connectivity index (χ0v) is 13.0. The first-order valence-electron chi connectivity index (χ1n) is 6.73. The van der Waals surface area contributed by atoms with Gasteiger partial charge in [0.15, 0.2) is 0 Å². The summed E-state index contributed by atoms with van der Waals surface area (Å²) < 4.78 is 31.3. The molecule has 5 nitrogen and oxygen atoms in total. The van der Waals surface area contributed by atoms with Gasteiger partial charge in [-0.3, -0.25) is 4.72 Å². The second-order valence-corrected chi connectivity index (χ2v) is 6.57. The summed E-state index contributed by atoms with van der Waals surface area (Å²) in [6.45, 7) is 0. The standard InChI is InChI=1S/C16H17NO4S/c1-21-16(18)14-8-5-9-15(12-14)17-22(19,20)11-10-13-6-3-2-4-7-13/h2-9,12,17H,10-11H2,1H3. The summed E-state index contributed by atoms with van der Waals surface area (Å²) in [4.78, 5) is 11.4. The molecule has 0 saturated carbocycles. The normalized spacial score (nSPS) is 11.0. The average Bonchev–Trinajstić information content (AvgIpc) is 2.53. The number of sulfonamides is 1. The number of anilines is 1. The predicted molar refractivity (Wildman–Crippen MR) is 85.3 cm³/mol. The Bertz CT molecular complexity index is 742. The maximum atomic E-state index is 12.1. The number of nitrogens with one attached hydrogen (secondary N) is 1. The molecule has 0 aliphatic heterocycles. The molecule has 1 N–H and O–H groups in total. The minimum absolute atomic E-state index is 0.0283. The molecule has 0 atom stereocenters. The molecule has 0 amide bonds. The van der Waals surface area contributed by atoms with Crippen LogP contribution in [-0.4, -0.2) is 27.2 Å². The third-order valence-electron chi connectivity index (χ3n) is 3.06. The highest BCUT2D eigenvalue weighted by Gasteiger charge is 2.12. The molecule has 22 heavy (non-hydrogen) atoms. The molecule has 0 fully saturated rings. The number of hydrogen-bond acceptors (Lipinski definition) is 4. The Balaban J connectivity index is 2.04. The highest BCUT2D eigenvalue weighted by Crippen LogP contribution is 2.14. The van der Waals surface area contributed by atoms with E-state index in [2.05, 4.69) is 9.46 Å². The van der Waals surface area contributed by atoms with E-state index in [1.165, 1.54) is 13.2 Å². The molecule has 0 bridgehead atoms. The number of carbonyl (C=O) groups is 1. The molecule has 0 spiro atoms. The summed E-state index contributed by atoms with van der Waals surface area (Å²) in [5, 5.41) is 0. The lowest BCUT2D eigenvalue weighted by Gasteiger charge is -2.09. The predicted octanol–water partition coefficient (Wildman–Crippen LogP) is 2.46. The van der Waals surface area contributed by atoms with Crippen molar-refractivity contribution in [1.82, 2.24) is 0 Å². The molecule has 2 aromatic carbocycles. The topological polar surface area (TPSA) is 72.5 Å². The van der Waals surface area contributed by atoms with Gasteiger partial charge in [0.2, 0.25) is 10.0 Å². The fraction of sp³-hybridized carbons (Fsp3) is 0.188. The molecule has 6 heteroatoms. The summed E-state index contributed by atoms with van der Waals surface area (Å²) >= 11 is 0. The van der Waals surface area contributed by atoms with E-state index in [4.69, 9.17) is 0 Å². The van der Waals surface area contributed by atoms with E-state index in [0.717, 1.165) is 5.56 Å². The summed E-state index contributed by atoms with van der Waals surface area (Å²) in [5.74, 6) is -0.537. The van der Waals surface area contributed by atoms with Crippen LogP contribution in [0.25, 0.3) is 0 Å². The van der Waals surface area contributed by atoms with Gasteiger partial charge in [0.25, 0.3) is 0 Å². The van der Waals surface area contributed by atoms with Crippen molar-refractivity contribution in [3.8, 4) is 0 Å². The number of ether oxygens (including phenoxy) is 1. The van der Waals surface area contributed by atoms with E-state index in [-0.39, 0.29) is 5.75 Å². The van der Waals surface area contributed by atoms with Crippen LogP contribution >= 0.6 is 0 Å². The second-order valence-electron chi connectivity index (χ2n) is 4.73. The van der Waals surface area contributed by atoms with Crippen LogP contribution in [0.15, 0.2) is 54.6 Å². The zero-order chi connectivity index (χ0) is 16.0. The number of benzene rings is 2. The molecular formula is C16H17NO4S. The van der Waals surface area contributed by atoms with Crippen LogP contribution < -0.4 is 4.72 Å². The molecule has 0 unspecified atom stereocenters. The van der Waals surface area contributed by atoms with Gasteiger partial charge in [0, 0.05) is 5.69 Å². The Morgan fingerprint density at radius 3 is 2.50 bits per heavy atom. The average molecular weight is 319 g/mol. The Kier molecular flexibility index (Phi) is 5.16. The summed E-state index contributed by atoms with van der Waals surface area (Å²) in [6, 6.07) is 15.6. The third-order valence-corrected chi connectivity index (χ3v) is 4.35. The van der Waals surface area contributed by atoms with Gasteiger partial charge < -0.3 is 4.74 Å². The van der Waals surface area contributed by atoms with Crippen molar-refractivity contribution in [2.24, 2.45) is 0 Å². The number of hydrogen-bond donors (Lipinski definition) is 1. The van der Waals surface area contributed by atoms with E-state index < -0.39 is 16.0 Å². The number of rotatable bonds is 6. The van der Waals surface area contributed by atoms with Crippen molar-refractivity contribution < 1.29 is 17.9 Å². The van der Waals surface area contributed by atoms with Gasteiger partial charge in [-0.05, 0) is 30.2 Å². The molecular weight excluding hydrogens is 302 g/mol. The first-order valence-corrected chi connectivity index (χ1v) is 8.38. The second kappa shape index (κ2) is 7.09. The van der Waals surface area contributed by atoms with E-state index in [9.17, 15) is 13.2 Å². The molecule has 0 saturated heterocycles. The first-order chi connectivity index (χ1) is 10.5. The quantitative estimate of drug-likeness (QED) is 0.830. The zero-order valence-electron chi connectivity index (χ0n) is 12.2.